The molecule has 8 heteroatoms. The minimum absolute atomic E-state index is 0.0338. The van der Waals surface area contributed by atoms with Crippen molar-refractivity contribution in [2.75, 3.05) is 51.1 Å². The number of carbonyl (C=O) groups excluding carboxylic acids is 3. The highest BCUT2D eigenvalue weighted by Gasteiger charge is 2.24. The molecule has 1 N–H and O–H groups in total. The van der Waals surface area contributed by atoms with Gasteiger partial charge in [0.1, 0.15) is 0 Å². The molecular weight excluding hydrogens is 368 g/mol. The Balaban J connectivity index is 1.61. The van der Waals surface area contributed by atoms with Gasteiger partial charge in [0.15, 0.2) is 0 Å². The number of nitrogens with zero attached hydrogens (tertiary/aromatic N) is 3. The number of carbonyl (C=O) groups is 3. The Bertz CT molecular complexity index is 726. The molecule has 2 aliphatic rings. The molecule has 2 saturated heterocycles. The SMILES string of the molecule is CC(=O)N1CCN(C(=O)CNc2ccc(Cl)cc2C(=O)N2CCCC2)CC1. The van der Waals surface area contributed by atoms with Gasteiger partial charge in [-0.25, -0.2) is 0 Å². The van der Waals surface area contributed by atoms with Crippen molar-refractivity contribution in [2.45, 2.75) is 19.8 Å². The largest absolute Gasteiger partial charge is 0.376 e. The number of amides is 3. The summed E-state index contributed by atoms with van der Waals surface area (Å²) in [6.45, 7) is 5.32. The van der Waals surface area contributed by atoms with E-state index in [9.17, 15) is 14.4 Å². The molecule has 0 aliphatic carbocycles. The second kappa shape index (κ2) is 8.61. The first kappa shape index (κ1) is 19.5. The van der Waals surface area contributed by atoms with E-state index >= 15 is 0 Å². The molecule has 1 aromatic carbocycles. The molecule has 0 bridgehead atoms. The highest BCUT2D eigenvalue weighted by molar-refractivity contribution is 6.31. The lowest BCUT2D eigenvalue weighted by Gasteiger charge is -2.34. The van der Waals surface area contributed by atoms with Gasteiger partial charge in [-0.1, -0.05) is 11.6 Å². The average Bonchev–Trinajstić information content (AvgIpc) is 3.21. The molecule has 146 valence electrons. The number of hydrogen-bond donors (Lipinski definition) is 1. The van der Waals surface area contributed by atoms with Crippen LogP contribution in [0.3, 0.4) is 0 Å². The summed E-state index contributed by atoms with van der Waals surface area (Å²) < 4.78 is 0. The first-order valence-corrected chi connectivity index (χ1v) is 9.69. The van der Waals surface area contributed by atoms with Crippen LogP contribution in [0.1, 0.15) is 30.1 Å². The van der Waals surface area contributed by atoms with Crippen molar-refractivity contribution < 1.29 is 14.4 Å². The van der Waals surface area contributed by atoms with E-state index in [-0.39, 0.29) is 24.3 Å². The molecule has 0 aromatic heterocycles. The van der Waals surface area contributed by atoms with Gasteiger partial charge < -0.3 is 20.0 Å². The summed E-state index contributed by atoms with van der Waals surface area (Å²) in [5.74, 6) is -0.0702. The van der Waals surface area contributed by atoms with Crippen molar-refractivity contribution in [3.8, 4) is 0 Å². The van der Waals surface area contributed by atoms with Crippen LogP contribution in [-0.2, 0) is 9.59 Å². The van der Waals surface area contributed by atoms with E-state index in [1.807, 2.05) is 4.90 Å². The molecule has 2 heterocycles. The Morgan fingerprint density at radius 3 is 2.22 bits per heavy atom. The predicted octanol–water partition coefficient (Wildman–Crippen LogP) is 1.68. The number of rotatable bonds is 4. The molecule has 0 saturated carbocycles. The van der Waals surface area contributed by atoms with Gasteiger partial charge in [-0.2, -0.15) is 0 Å². The fourth-order valence-electron chi connectivity index (χ4n) is 3.49. The second-order valence-corrected chi connectivity index (χ2v) is 7.37. The molecule has 27 heavy (non-hydrogen) atoms. The van der Waals surface area contributed by atoms with Gasteiger partial charge >= 0.3 is 0 Å². The molecule has 3 amide bonds. The molecule has 0 spiro atoms. The molecule has 2 fully saturated rings. The van der Waals surface area contributed by atoms with Crippen LogP contribution in [0.25, 0.3) is 0 Å². The van der Waals surface area contributed by atoms with Gasteiger partial charge in [-0.3, -0.25) is 14.4 Å². The summed E-state index contributed by atoms with van der Waals surface area (Å²) in [7, 11) is 0. The normalized spacial score (nSPS) is 17.2. The van der Waals surface area contributed by atoms with E-state index in [0.717, 1.165) is 25.9 Å². The van der Waals surface area contributed by atoms with E-state index in [0.29, 0.717) is 42.5 Å². The zero-order chi connectivity index (χ0) is 19.4. The number of benzene rings is 1. The maximum atomic E-state index is 12.8. The number of halogens is 1. The number of likely N-dealkylation sites (tertiary alicyclic amines) is 1. The Morgan fingerprint density at radius 1 is 0.963 bits per heavy atom. The third-order valence-electron chi connectivity index (χ3n) is 5.11. The van der Waals surface area contributed by atoms with Gasteiger partial charge in [0, 0.05) is 56.9 Å². The smallest absolute Gasteiger partial charge is 0.256 e. The first-order chi connectivity index (χ1) is 13.0. The monoisotopic (exact) mass is 392 g/mol. The van der Waals surface area contributed by atoms with Crippen LogP contribution in [0.5, 0.6) is 0 Å². The Hall–Kier alpha value is -2.28. The van der Waals surface area contributed by atoms with Crippen LogP contribution in [0.2, 0.25) is 5.02 Å². The van der Waals surface area contributed by atoms with E-state index in [1.54, 1.807) is 34.9 Å². The quantitative estimate of drug-likeness (QED) is 0.846. The van der Waals surface area contributed by atoms with Crippen molar-refractivity contribution >= 4 is 35.0 Å². The van der Waals surface area contributed by atoms with E-state index in [1.165, 1.54) is 0 Å². The summed E-state index contributed by atoms with van der Waals surface area (Å²) >= 11 is 6.09. The van der Waals surface area contributed by atoms with Crippen LogP contribution in [-0.4, -0.2) is 78.2 Å². The first-order valence-electron chi connectivity index (χ1n) is 9.31. The lowest BCUT2D eigenvalue weighted by molar-refractivity contribution is -0.137. The van der Waals surface area contributed by atoms with Gasteiger partial charge in [0.2, 0.25) is 11.8 Å². The predicted molar refractivity (Wildman–Crippen MR) is 104 cm³/mol. The highest BCUT2D eigenvalue weighted by Crippen LogP contribution is 2.24. The van der Waals surface area contributed by atoms with Gasteiger partial charge in [0.05, 0.1) is 12.1 Å². The van der Waals surface area contributed by atoms with E-state index < -0.39 is 0 Å². The maximum Gasteiger partial charge on any atom is 0.256 e. The van der Waals surface area contributed by atoms with Crippen molar-refractivity contribution in [2.24, 2.45) is 0 Å². The summed E-state index contributed by atoms with van der Waals surface area (Å²) in [4.78, 5) is 41.9. The standard InChI is InChI=1S/C19H25ClN4O3/c1-14(25)22-8-10-23(11-9-22)18(26)13-21-17-5-4-15(20)12-16(17)19(27)24-6-2-3-7-24/h4-5,12,21H,2-3,6-11,13H2,1H3. The fraction of sp³-hybridized carbons (Fsp3) is 0.526. The summed E-state index contributed by atoms with van der Waals surface area (Å²) in [5.41, 5.74) is 1.12. The van der Waals surface area contributed by atoms with Gasteiger partial charge in [0.25, 0.3) is 5.91 Å². The lowest BCUT2D eigenvalue weighted by Crippen LogP contribution is -2.51. The topological polar surface area (TPSA) is 73.0 Å². The summed E-state index contributed by atoms with van der Waals surface area (Å²) in [6, 6.07) is 5.11. The Morgan fingerprint density at radius 2 is 1.59 bits per heavy atom. The number of nitrogens with one attached hydrogen (secondary N) is 1. The van der Waals surface area contributed by atoms with Crippen LogP contribution in [0.4, 0.5) is 5.69 Å². The third-order valence-corrected chi connectivity index (χ3v) is 5.35. The van der Waals surface area contributed by atoms with Crippen LogP contribution in [0, 0.1) is 0 Å². The van der Waals surface area contributed by atoms with Crippen molar-refractivity contribution in [1.82, 2.24) is 14.7 Å². The number of anilines is 1. The second-order valence-electron chi connectivity index (χ2n) is 6.93. The van der Waals surface area contributed by atoms with Gasteiger partial charge in [-0.15, -0.1) is 0 Å². The van der Waals surface area contributed by atoms with Crippen LogP contribution >= 0.6 is 11.6 Å². The average molecular weight is 393 g/mol. The van der Waals surface area contributed by atoms with Crippen molar-refractivity contribution in [1.29, 1.82) is 0 Å². The van der Waals surface area contributed by atoms with Crippen molar-refractivity contribution in [3.05, 3.63) is 28.8 Å². The van der Waals surface area contributed by atoms with Crippen molar-refractivity contribution in [3.63, 3.8) is 0 Å². The molecule has 2 aliphatic heterocycles. The maximum absolute atomic E-state index is 12.8. The zero-order valence-corrected chi connectivity index (χ0v) is 16.3. The lowest BCUT2D eigenvalue weighted by atomic mass is 10.1. The fourth-order valence-corrected chi connectivity index (χ4v) is 3.66. The zero-order valence-electron chi connectivity index (χ0n) is 15.5. The molecule has 0 radical (unpaired) electrons. The van der Waals surface area contributed by atoms with Crippen LogP contribution < -0.4 is 5.32 Å². The van der Waals surface area contributed by atoms with E-state index in [4.69, 9.17) is 11.6 Å². The molecule has 3 rings (SSSR count). The molecule has 7 nitrogen and oxygen atoms in total. The minimum Gasteiger partial charge on any atom is -0.376 e. The number of hydrogen-bond acceptors (Lipinski definition) is 4. The molecule has 0 unspecified atom stereocenters. The Kier molecular flexibility index (Phi) is 6.21. The number of piperazine rings is 1. The minimum atomic E-state index is -0.0555. The third kappa shape index (κ3) is 4.71. The highest BCUT2D eigenvalue weighted by atomic mass is 35.5. The Labute approximate surface area is 164 Å². The van der Waals surface area contributed by atoms with E-state index in [2.05, 4.69) is 5.32 Å². The van der Waals surface area contributed by atoms with Gasteiger partial charge in [-0.05, 0) is 31.0 Å². The summed E-state index contributed by atoms with van der Waals surface area (Å²) in [5, 5.41) is 3.59. The summed E-state index contributed by atoms with van der Waals surface area (Å²) in [6.07, 6.45) is 2.03. The molecular formula is C19H25ClN4O3. The molecule has 0 atom stereocenters. The van der Waals surface area contributed by atoms with Crippen LogP contribution in [0.15, 0.2) is 18.2 Å². The molecule has 1 aromatic rings.